The predicted molar refractivity (Wildman–Crippen MR) is 46.7 cm³/mol. The second kappa shape index (κ2) is 5.00. The van der Waals surface area contributed by atoms with Crippen molar-refractivity contribution in [3.63, 3.8) is 0 Å². The van der Waals surface area contributed by atoms with Crippen LogP contribution < -0.4 is 5.73 Å². The highest BCUT2D eigenvalue weighted by atomic mass is 14.6. The second-order valence-electron chi connectivity index (χ2n) is 2.36. The van der Waals surface area contributed by atoms with Crippen LogP contribution in [0.25, 0.3) is 0 Å². The zero-order valence-electron chi connectivity index (χ0n) is 6.51. The molecule has 0 aromatic rings. The Hall–Kier alpha value is -0.820. The molecule has 0 aromatic carbocycles. The minimum absolute atomic E-state index is 0.198. The molecule has 1 nitrogen and oxygen atoms in total. The van der Waals surface area contributed by atoms with Crippen molar-refractivity contribution in [3.05, 3.63) is 37.0 Å². The second-order valence-corrected chi connectivity index (χ2v) is 2.36. The molecule has 0 amide bonds. The summed E-state index contributed by atoms with van der Waals surface area (Å²) >= 11 is 0. The third-order valence-electron chi connectivity index (χ3n) is 1.15. The molecular formula is C9H15N. The topological polar surface area (TPSA) is 26.0 Å². The Labute approximate surface area is 62.9 Å². The van der Waals surface area contributed by atoms with E-state index in [4.69, 9.17) is 5.73 Å². The Morgan fingerprint density at radius 2 is 2.20 bits per heavy atom. The summed E-state index contributed by atoms with van der Waals surface area (Å²) in [6, 6.07) is 0.198. The summed E-state index contributed by atoms with van der Waals surface area (Å²) in [4.78, 5) is 0. The van der Waals surface area contributed by atoms with Crippen molar-refractivity contribution >= 4 is 0 Å². The van der Waals surface area contributed by atoms with E-state index in [0.717, 1.165) is 12.0 Å². The van der Waals surface area contributed by atoms with Gasteiger partial charge in [0.05, 0.1) is 0 Å². The van der Waals surface area contributed by atoms with Crippen LogP contribution in [0.2, 0.25) is 0 Å². The van der Waals surface area contributed by atoms with Gasteiger partial charge in [-0.1, -0.05) is 31.4 Å². The van der Waals surface area contributed by atoms with Crippen molar-refractivity contribution < 1.29 is 0 Å². The Morgan fingerprint density at radius 3 is 2.50 bits per heavy atom. The van der Waals surface area contributed by atoms with Gasteiger partial charge >= 0.3 is 0 Å². The van der Waals surface area contributed by atoms with E-state index in [9.17, 15) is 0 Å². The van der Waals surface area contributed by atoms with Crippen LogP contribution in [-0.4, -0.2) is 6.04 Å². The molecule has 2 N–H and O–H groups in total. The maximum atomic E-state index is 5.58. The zero-order valence-corrected chi connectivity index (χ0v) is 6.51. The standard InChI is InChI=1S/C9H15N/c1-4-6-9(5-2)7-8(3)10/h4-6,8H,1-2,7,10H2,3H3/b9-6+. The molecular weight excluding hydrogens is 122 g/mol. The minimum Gasteiger partial charge on any atom is -0.328 e. The molecule has 1 atom stereocenters. The first-order valence-corrected chi connectivity index (χ1v) is 3.40. The fourth-order valence-electron chi connectivity index (χ4n) is 0.743. The summed E-state index contributed by atoms with van der Waals surface area (Å²) < 4.78 is 0. The molecule has 1 heteroatoms. The van der Waals surface area contributed by atoms with E-state index in [0.29, 0.717) is 0 Å². The summed E-state index contributed by atoms with van der Waals surface area (Å²) in [6.45, 7) is 9.22. The average molecular weight is 137 g/mol. The molecule has 0 aromatic heterocycles. The lowest BCUT2D eigenvalue weighted by Gasteiger charge is -2.03. The molecule has 1 unspecified atom stereocenters. The lowest BCUT2D eigenvalue weighted by molar-refractivity contribution is 0.741. The SMILES string of the molecule is C=C/C=C(\C=C)CC(C)N. The Morgan fingerprint density at radius 1 is 1.60 bits per heavy atom. The smallest absolute Gasteiger partial charge is 0.00509 e. The van der Waals surface area contributed by atoms with Gasteiger partial charge in [0.2, 0.25) is 0 Å². The molecule has 0 saturated heterocycles. The van der Waals surface area contributed by atoms with Gasteiger partial charge < -0.3 is 5.73 Å². The minimum atomic E-state index is 0.198. The van der Waals surface area contributed by atoms with Crippen LogP contribution in [0.4, 0.5) is 0 Å². The largest absolute Gasteiger partial charge is 0.328 e. The molecule has 10 heavy (non-hydrogen) atoms. The third-order valence-corrected chi connectivity index (χ3v) is 1.15. The molecule has 0 aliphatic carbocycles. The summed E-state index contributed by atoms with van der Waals surface area (Å²) in [5.41, 5.74) is 6.72. The quantitative estimate of drug-likeness (QED) is 0.589. The summed E-state index contributed by atoms with van der Waals surface area (Å²) in [7, 11) is 0. The molecule has 0 fully saturated rings. The number of rotatable bonds is 4. The van der Waals surface area contributed by atoms with Crippen molar-refractivity contribution in [2.24, 2.45) is 5.73 Å². The van der Waals surface area contributed by atoms with Gasteiger partial charge in [0, 0.05) is 6.04 Å². The van der Waals surface area contributed by atoms with Crippen molar-refractivity contribution in [3.8, 4) is 0 Å². The van der Waals surface area contributed by atoms with Gasteiger partial charge in [0.15, 0.2) is 0 Å². The molecule has 0 radical (unpaired) electrons. The van der Waals surface area contributed by atoms with Crippen molar-refractivity contribution in [2.45, 2.75) is 19.4 Å². The number of hydrogen-bond acceptors (Lipinski definition) is 1. The van der Waals surface area contributed by atoms with Gasteiger partial charge in [-0.2, -0.15) is 0 Å². The van der Waals surface area contributed by atoms with Gasteiger partial charge in [-0.25, -0.2) is 0 Å². The van der Waals surface area contributed by atoms with Crippen LogP contribution in [0.3, 0.4) is 0 Å². The monoisotopic (exact) mass is 137 g/mol. The van der Waals surface area contributed by atoms with E-state index in [-0.39, 0.29) is 6.04 Å². The molecule has 0 bridgehead atoms. The van der Waals surface area contributed by atoms with Gasteiger partial charge in [0.25, 0.3) is 0 Å². The average Bonchev–Trinajstić information content (AvgIpc) is 1.86. The molecule has 0 saturated carbocycles. The molecule has 0 aliphatic rings. The van der Waals surface area contributed by atoms with Crippen LogP contribution in [0.1, 0.15) is 13.3 Å². The third kappa shape index (κ3) is 4.10. The lowest BCUT2D eigenvalue weighted by atomic mass is 10.1. The van der Waals surface area contributed by atoms with Crippen LogP contribution in [0, 0.1) is 0 Å². The highest BCUT2D eigenvalue weighted by Gasteiger charge is 1.94. The van der Waals surface area contributed by atoms with Crippen LogP contribution >= 0.6 is 0 Å². The van der Waals surface area contributed by atoms with Crippen molar-refractivity contribution in [1.29, 1.82) is 0 Å². The van der Waals surface area contributed by atoms with E-state index >= 15 is 0 Å². The number of nitrogens with two attached hydrogens (primary N) is 1. The Bertz CT molecular complexity index is 143. The Balaban J connectivity index is 3.95. The Kier molecular flexibility index (Phi) is 4.59. The highest BCUT2D eigenvalue weighted by molar-refractivity contribution is 5.21. The van der Waals surface area contributed by atoms with Gasteiger partial charge in [0.1, 0.15) is 0 Å². The van der Waals surface area contributed by atoms with Gasteiger partial charge in [-0.3, -0.25) is 0 Å². The van der Waals surface area contributed by atoms with E-state index in [1.54, 1.807) is 6.08 Å². The fourth-order valence-corrected chi connectivity index (χ4v) is 0.743. The van der Waals surface area contributed by atoms with Crippen LogP contribution in [0.5, 0.6) is 0 Å². The predicted octanol–water partition coefficient (Wildman–Crippen LogP) is 2.02. The molecule has 56 valence electrons. The molecule has 0 spiro atoms. The first-order valence-electron chi connectivity index (χ1n) is 3.40. The van der Waals surface area contributed by atoms with E-state index < -0.39 is 0 Å². The zero-order chi connectivity index (χ0) is 7.98. The summed E-state index contributed by atoms with van der Waals surface area (Å²) in [5.74, 6) is 0. The van der Waals surface area contributed by atoms with Gasteiger partial charge in [-0.05, 0) is 18.9 Å². The maximum Gasteiger partial charge on any atom is 0.00509 e. The summed E-state index contributed by atoms with van der Waals surface area (Å²) in [5, 5.41) is 0. The number of hydrogen-bond donors (Lipinski definition) is 1. The van der Waals surface area contributed by atoms with Crippen molar-refractivity contribution in [1.82, 2.24) is 0 Å². The molecule has 0 rings (SSSR count). The van der Waals surface area contributed by atoms with E-state index in [2.05, 4.69) is 13.2 Å². The van der Waals surface area contributed by atoms with E-state index in [1.165, 1.54) is 0 Å². The van der Waals surface area contributed by atoms with Gasteiger partial charge in [-0.15, -0.1) is 0 Å². The first-order chi connectivity index (χ1) is 4.70. The van der Waals surface area contributed by atoms with E-state index in [1.807, 2.05) is 19.1 Å². The maximum absolute atomic E-state index is 5.58. The van der Waals surface area contributed by atoms with Crippen LogP contribution in [0.15, 0.2) is 37.0 Å². The van der Waals surface area contributed by atoms with Crippen LogP contribution in [-0.2, 0) is 0 Å². The number of allylic oxidation sites excluding steroid dienone is 3. The summed E-state index contributed by atoms with van der Waals surface area (Å²) in [6.07, 6.45) is 6.36. The lowest BCUT2D eigenvalue weighted by Crippen LogP contribution is -2.14. The van der Waals surface area contributed by atoms with Crippen molar-refractivity contribution in [2.75, 3.05) is 0 Å². The first kappa shape index (κ1) is 9.18. The normalized spacial score (nSPS) is 14.4. The molecule has 0 heterocycles. The highest BCUT2D eigenvalue weighted by Crippen LogP contribution is 2.04. The fraction of sp³-hybridized carbons (Fsp3) is 0.333. The molecule has 0 aliphatic heterocycles.